The van der Waals surface area contributed by atoms with Crippen molar-refractivity contribution >= 4 is 28.2 Å². The van der Waals surface area contributed by atoms with Crippen molar-refractivity contribution in [3.05, 3.63) is 72.4 Å². The number of hydrogen-bond acceptors (Lipinski definition) is 4. The molecule has 0 aliphatic rings. The van der Waals surface area contributed by atoms with Gasteiger partial charge in [0.25, 0.3) is 0 Å². The van der Waals surface area contributed by atoms with E-state index in [1.54, 1.807) is 18.3 Å². The van der Waals surface area contributed by atoms with Crippen molar-refractivity contribution in [2.45, 2.75) is 12.8 Å². The first-order valence-corrected chi connectivity index (χ1v) is 8.43. The van der Waals surface area contributed by atoms with E-state index in [1.807, 2.05) is 48.5 Å². The second-order valence-electron chi connectivity index (χ2n) is 5.23. The highest BCUT2D eigenvalue weighted by Gasteiger charge is 2.11. The molecule has 1 aromatic heterocycles. The third-order valence-corrected chi connectivity index (χ3v) is 4.45. The fourth-order valence-electron chi connectivity index (χ4n) is 2.24. The van der Waals surface area contributed by atoms with Crippen LogP contribution in [-0.4, -0.2) is 16.7 Å². The van der Waals surface area contributed by atoms with Crippen LogP contribution in [0.1, 0.15) is 23.2 Å². The van der Waals surface area contributed by atoms with Crippen LogP contribution in [0.15, 0.2) is 66.9 Å². The van der Waals surface area contributed by atoms with Crippen molar-refractivity contribution in [2.75, 3.05) is 5.32 Å². The van der Waals surface area contributed by atoms with Crippen molar-refractivity contribution < 1.29 is 9.59 Å². The number of aromatic nitrogens is 1. The summed E-state index contributed by atoms with van der Waals surface area (Å²) in [5.74, 6) is -0.233. The Morgan fingerprint density at radius 3 is 2.29 bits per heavy atom. The number of carbonyl (C=O) groups is 2. The molecule has 1 N–H and O–H groups in total. The second kappa shape index (κ2) is 7.66. The van der Waals surface area contributed by atoms with E-state index in [1.165, 1.54) is 11.3 Å². The molecular weight excluding hydrogens is 320 g/mol. The van der Waals surface area contributed by atoms with Gasteiger partial charge in [0.15, 0.2) is 10.9 Å². The molecule has 3 aromatic rings. The molecular formula is C19H16N2O2S. The minimum absolute atomic E-state index is 0.0325. The monoisotopic (exact) mass is 336 g/mol. The van der Waals surface area contributed by atoms with Crippen LogP contribution >= 0.6 is 11.3 Å². The first kappa shape index (κ1) is 16.1. The molecule has 0 atom stereocenters. The molecule has 0 unspecified atom stereocenters. The van der Waals surface area contributed by atoms with Crippen LogP contribution in [0.5, 0.6) is 0 Å². The highest BCUT2D eigenvalue weighted by atomic mass is 32.1. The average molecular weight is 336 g/mol. The summed E-state index contributed by atoms with van der Waals surface area (Å²) in [6, 6.07) is 18.9. The predicted octanol–water partition coefficient (Wildman–Crippen LogP) is 4.41. The summed E-state index contributed by atoms with van der Waals surface area (Å²) < 4.78 is 0. The lowest BCUT2D eigenvalue weighted by molar-refractivity contribution is -0.116. The van der Waals surface area contributed by atoms with E-state index < -0.39 is 0 Å². The molecule has 24 heavy (non-hydrogen) atoms. The lowest BCUT2D eigenvalue weighted by Gasteiger charge is -2.02. The lowest BCUT2D eigenvalue weighted by Crippen LogP contribution is -2.13. The van der Waals surface area contributed by atoms with Gasteiger partial charge in [0, 0.05) is 24.6 Å². The van der Waals surface area contributed by atoms with Gasteiger partial charge in [-0.05, 0) is 5.56 Å². The number of thiazole rings is 1. The summed E-state index contributed by atoms with van der Waals surface area (Å²) in [5.41, 5.74) is 1.70. The van der Waals surface area contributed by atoms with Crippen molar-refractivity contribution in [2.24, 2.45) is 0 Å². The average Bonchev–Trinajstić information content (AvgIpc) is 3.09. The number of hydrogen-bond donors (Lipinski definition) is 1. The Labute approximate surface area is 144 Å². The highest BCUT2D eigenvalue weighted by molar-refractivity contribution is 7.19. The molecule has 0 saturated heterocycles. The number of carbonyl (C=O) groups excluding carboxylic acids is 2. The fraction of sp³-hybridized carbons (Fsp3) is 0.105. The smallest absolute Gasteiger partial charge is 0.226 e. The van der Waals surface area contributed by atoms with Crippen molar-refractivity contribution in [3.63, 3.8) is 0 Å². The number of benzene rings is 2. The molecule has 120 valence electrons. The van der Waals surface area contributed by atoms with Crippen LogP contribution in [0.25, 0.3) is 10.4 Å². The minimum atomic E-state index is -0.201. The standard InChI is InChI=1S/C19H16N2O2S/c22-16(14-7-3-1-4-8-14)11-12-18(23)21-19-20-13-17(24-19)15-9-5-2-6-10-15/h1-10,13H,11-12H2,(H,20,21,23). The third kappa shape index (κ3) is 4.14. The minimum Gasteiger partial charge on any atom is -0.302 e. The molecule has 0 saturated carbocycles. The Balaban J connectivity index is 1.54. The summed E-state index contributed by atoms with van der Waals surface area (Å²) in [5, 5.41) is 3.30. The Morgan fingerprint density at radius 2 is 1.58 bits per heavy atom. The highest BCUT2D eigenvalue weighted by Crippen LogP contribution is 2.28. The quantitative estimate of drug-likeness (QED) is 0.678. The maximum absolute atomic E-state index is 12.0. The third-order valence-electron chi connectivity index (χ3n) is 3.49. The number of nitrogens with one attached hydrogen (secondary N) is 1. The van der Waals surface area contributed by atoms with E-state index in [9.17, 15) is 9.59 Å². The van der Waals surface area contributed by atoms with Crippen LogP contribution in [0, 0.1) is 0 Å². The van der Waals surface area contributed by atoms with Gasteiger partial charge >= 0.3 is 0 Å². The zero-order valence-corrected chi connectivity index (χ0v) is 13.8. The number of anilines is 1. The van der Waals surface area contributed by atoms with E-state index in [0.29, 0.717) is 10.7 Å². The van der Waals surface area contributed by atoms with E-state index in [2.05, 4.69) is 10.3 Å². The molecule has 0 aliphatic carbocycles. The van der Waals surface area contributed by atoms with Gasteiger partial charge in [-0.3, -0.25) is 9.59 Å². The van der Waals surface area contributed by atoms with E-state index >= 15 is 0 Å². The van der Waals surface area contributed by atoms with Gasteiger partial charge < -0.3 is 5.32 Å². The zero-order valence-electron chi connectivity index (χ0n) is 12.9. The second-order valence-corrected chi connectivity index (χ2v) is 6.26. The number of ketones is 1. The Morgan fingerprint density at radius 1 is 0.917 bits per heavy atom. The topological polar surface area (TPSA) is 59.1 Å². The molecule has 0 fully saturated rings. The van der Waals surface area contributed by atoms with Gasteiger partial charge in [-0.25, -0.2) is 4.98 Å². The van der Waals surface area contributed by atoms with Crippen LogP contribution in [0.4, 0.5) is 5.13 Å². The zero-order chi connectivity index (χ0) is 16.8. The fourth-order valence-corrected chi connectivity index (χ4v) is 3.08. The number of nitrogens with zero attached hydrogens (tertiary/aromatic N) is 1. The molecule has 0 aliphatic heterocycles. The van der Waals surface area contributed by atoms with E-state index in [-0.39, 0.29) is 24.5 Å². The summed E-state index contributed by atoms with van der Waals surface area (Å²) in [6.45, 7) is 0. The van der Waals surface area contributed by atoms with Crippen LogP contribution in [-0.2, 0) is 4.79 Å². The Bertz CT molecular complexity index is 829. The van der Waals surface area contributed by atoms with Crippen molar-refractivity contribution in [1.29, 1.82) is 0 Å². The molecule has 1 amide bonds. The van der Waals surface area contributed by atoms with Gasteiger partial charge in [-0.15, -0.1) is 0 Å². The SMILES string of the molecule is O=C(CCC(=O)c1ccccc1)Nc1ncc(-c2ccccc2)s1. The molecule has 3 rings (SSSR count). The van der Waals surface area contributed by atoms with E-state index in [0.717, 1.165) is 10.4 Å². The summed E-state index contributed by atoms with van der Waals surface area (Å²) in [4.78, 5) is 29.2. The van der Waals surface area contributed by atoms with Crippen molar-refractivity contribution in [1.82, 2.24) is 4.98 Å². The van der Waals surface area contributed by atoms with Gasteiger partial charge in [0.05, 0.1) is 4.88 Å². The van der Waals surface area contributed by atoms with Crippen LogP contribution in [0.3, 0.4) is 0 Å². The van der Waals surface area contributed by atoms with E-state index in [4.69, 9.17) is 0 Å². The van der Waals surface area contributed by atoms with Gasteiger partial charge in [0.2, 0.25) is 5.91 Å². The van der Waals surface area contributed by atoms with Crippen molar-refractivity contribution in [3.8, 4) is 10.4 Å². The molecule has 0 radical (unpaired) electrons. The largest absolute Gasteiger partial charge is 0.302 e. The number of Topliss-reactive ketones (excluding diaryl/α,β-unsaturated/α-hetero) is 1. The van der Waals surface area contributed by atoms with Gasteiger partial charge in [-0.1, -0.05) is 72.0 Å². The molecule has 0 spiro atoms. The van der Waals surface area contributed by atoms with Crippen LogP contribution in [0.2, 0.25) is 0 Å². The molecule has 4 nitrogen and oxygen atoms in total. The normalized spacial score (nSPS) is 10.3. The lowest BCUT2D eigenvalue weighted by atomic mass is 10.1. The maximum Gasteiger partial charge on any atom is 0.226 e. The van der Waals surface area contributed by atoms with Gasteiger partial charge in [0.1, 0.15) is 0 Å². The number of rotatable bonds is 6. The maximum atomic E-state index is 12.0. The first-order chi connectivity index (χ1) is 11.7. The summed E-state index contributed by atoms with van der Waals surface area (Å²) >= 11 is 1.42. The van der Waals surface area contributed by atoms with Crippen LogP contribution < -0.4 is 5.32 Å². The number of amides is 1. The molecule has 2 aromatic carbocycles. The summed E-state index contributed by atoms with van der Waals surface area (Å²) in [6.07, 6.45) is 2.07. The molecule has 5 heteroatoms. The Kier molecular flexibility index (Phi) is 5.13. The molecule has 1 heterocycles. The summed E-state index contributed by atoms with van der Waals surface area (Å²) in [7, 11) is 0. The predicted molar refractivity (Wildman–Crippen MR) is 96.2 cm³/mol. The Hall–Kier alpha value is -2.79. The first-order valence-electron chi connectivity index (χ1n) is 7.62. The van der Waals surface area contributed by atoms with Gasteiger partial charge in [-0.2, -0.15) is 0 Å². The molecule has 0 bridgehead atoms.